The topological polar surface area (TPSA) is 97.1 Å². The number of aliphatic carboxylic acids is 1. The van der Waals surface area contributed by atoms with E-state index in [0.717, 1.165) is 16.5 Å². The average molecular weight is 366 g/mol. The van der Waals surface area contributed by atoms with Gasteiger partial charge in [0.25, 0.3) is 5.91 Å². The Morgan fingerprint density at radius 2 is 1.93 bits per heavy atom. The number of fused-ring (bicyclic) bond motifs is 1. The summed E-state index contributed by atoms with van der Waals surface area (Å²) in [5.74, 6) is -1.60. The van der Waals surface area contributed by atoms with Crippen molar-refractivity contribution in [1.29, 1.82) is 0 Å². The van der Waals surface area contributed by atoms with Gasteiger partial charge in [0.05, 0.1) is 11.8 Å². The van der Waals surface area contributed by atoms with E-state index in [1.807, 2.05) is 33.8 Å². The lowest BCUT2D eigenvalue weighted by Gasteiger charge is -2.18. The summed E-state index contributed by atoms with van der Waals surface area (Å²) in [5, 5.41) is 17.2. The van der Waals surface area contributed by atoms with Crippen LogP contribution in [0.2, 0.25) is 0 Å². The first kappa shape index (κ1) is 18.6. The quantitative estimate of drug-likeness (QED) is 0.723. The van der Waals surface area contributed by atoms with Gasteiger partial charge in [0, 0.05) is 17.6 Å². The lowest BCUT2D eigenvalue weighted by atomic mass is 9.97. The van der Waals surface area contributed by atoms with Gasteiger partial charge in [-0.25, -0.2) is 14.5 Å². The van der Waals surface area contributed by atoms with E-state index >= 15 is 0 Å². The SMILES string of the molecule is Cc1cccc(C(NC(=O)c2cnc3c(cnn3C(C)C)c2)C(=O)O)c1C. The maximum Gasteiger partial charge on any atom is 0.330 e. The first-order valence-electron chi connectivity index (χ1n) is 8.72. The third-order valence-electron chi connectivity index (χ3n) is 4.66. The van der Waals surface area contributed by atoms with Crippen molar-refractivity contribution >= 4 is 22.9 Å². The molecule has 2 N–H and O–H groups in total. The number of benzene rings is 1. The minimum Gasteiger partial charge on any atom is -0.479 e. The second-order valence-corrected chi connectivity index (χ2v) is 6.85. The Morgan fingerprint density at radius 1 is 1.19 bits per heavy atom. The standard InChI is InChI=1S/C20H22N4O3/c1-11(2)24-18-14(10-22-24)8-15(9-21-18)19(25)23-17(20(26)27)16-7-5-6-12(3)13(16)4/h5-11,17H,1-4H3,(H,23,25)(H,26,27). The number of carboxylic acid groups (broad SMARTS) is 1. The summed E-state index contributed by atoms with van der Waals surface area (Å²) in [5.41, 5.74) is 3.36. The van der Waals surface area contributed by atoms with Crippen LogP contribution in [-0.2, 0) is 4.79 Å². The molecule has 0 aliphatic heterocycles. The summed E-state index contributed by atoms with van der Waals surface area (Å²) < 4.78 is 1.77. The number of carboxylic acids is 1. The summed E-state index contributed by atoms with van der Waals surface area (Å²) in [6.45, 7) is 7.75. The molecule has 0 radical (unpaired) electrons. The van der Waals surface area contributed by atoms with Gasteiger partial charge in [0.2, 0.25) is 0 Å². The van der Waals surface area contributed by atoms with Crippen LogP contribution >= 0.6 is 0 Å². The highest BCUT2D eigenvalue weighted by Gasteiger charge is 2.25. The van der Waals surface area contributed by atoms with Gasteiger partial charge in [-0.05, 0) is 50.5 Å². The minimum atomic E-state index is -1.13. The van der Waals surface area contributed by atoms with Gasteiger partial charge in [-0.15, -0.1) is 0 Å². The molecule has 1 unspecified atom stereocenters. The summed E-state index contributed by atoms with van der Waals surface area (Å²) >= 11 is 0. The monoisotopic (exact) mass is 366 g/mol. The number of aromatic nitrogens is 3. The first-order valence-corrected chi connectivity index (χ1v) is 8.72. The van der Waals surface area contributed by atoms with E-state index in [1.54, 1.807) is 29.1 Å². The van der Waals surface area contributed by atoms with E-state index < -0.39 is 17.9 Å². The third kappa shape index (κ3) is 3.53. The number of carbonyl (C=O) groups excluding carboxylic acids is 1. The van der Waals surface area contributed by atoms with E-state index in [9.17, 15) is 14.7 Å². The van der Waals surface area contributed by atoms with E-state index in [2.05, 4.69) is 15.4 Å². The zero-order valence-corrected chi connectivity index (χ0v) is 15.7. The van der Waals surface area contributed by atoms with Gasteiger partial charge < -0.3 is 10.4 Å². The largest absolute Gasteiger partial charge is 0.479 e. The molecule has 0 saturated heterocycles. The van der Waals surface area contributed by atoms with Crippen LogP contribution in [0.1, 0.15) is 53.0 Å². The number of nitrogens with one attached hydrogen (secondary N) is 1. The Morgan fingerprint density at radius 3 is 2.59 bits per heavy atom. The van der Waals surface area contributed by atoms with Crippen LogP contribution in [0.25, 0.3) is 11.0 Å². The fourth-order valence-electron chi connectivity index (χ4n) is 3.02. The van der Waals surface area contributed by atoms with Gasteiger partial charge in [-0.2, -0.15) is 5.10 Å². The zero-order valence-electron chi connectivity index (χ0n) is 15.7. The van der Waals surface area contributed by atoms with Crippen LogP contribution < -0.4 is 5.32 Å². The van der Waals surface area contributed by atoms with E-state index in [0.29, 0.717) is 16.8 Å². The number of pyridine rings is 1. The number of hydrogen-bond acceptors (Lipinski definition) is 4. The maximum atomic E-state index is 12.7. The first-order chi connectivity index (χ1) is 12.8. The molecule has 140 valence electrons. The lowest BCUT2D eigenvalue weighted by Crippen LogP contribution is -2.34. The van der Waals surface area contributed by atoms with Gasteiger partial charge in [0.1, 0.15) is 0 Å². The third-order valence-corrected chi connectivity index (χ3v) is 4.66. The summed E-state index contributed by atoms with van der Waals surface area (Å²) in [7, 11) is 0. The van der Waals surface area contributed by atoms with Gasteiger partial charge in [-0.1, -0.05) is 18.2 Å². The lowest BCUT2D eigenvalue weighted by molar-refractivity contribution is -0.139. The normalized spacial score (nSPS) is 12.3. The molecule has 7 heteroatoms. The van der Waals surface area contributed by atoms with Gasteiger partial charge in [0.15, 0.2) is 11.7 Å². The van der Waals surface area contributed by atoms with Gasteiger partial charge >= 0.3 is 5.97 Å². The smallest absolute Gasteiger partial charge is 0.330 e. The number of carbonyl (C=O) groups is 2. The number of aryl methyl sites for hydroxylation is 1. The molecule has 0 saturated carbocycles. The Bertz CT molecular complexity index is 1020. The fourth-order valence-corrected chi connectivity index (χ4v) is 3.02. The fraction of sp³-hybridized carbons (Fsp3) is 0.300. The van der Waals surface area contributed by atoms with E-state index in [-0.39, 0.29) is 6.04 Å². The van der Waals surface area contributed by atoms with Crippen LogP contribution in [0.3, 0.4) is 0 Å². The second-order valence-electron chi connectivity index (χ2n) is 6.85. The van der Waals surface area contributed by atoms with Crippen LogP contribution in [0.15, 0.2) is 36.7 Å². The van der Waals surface area contributed by atoms with Crippen LogP contribution in [0.4, 0.5) is 0 Å². The highest BCUT2D eigenvalue weighted by Crippen LogP contribution is 2.22. The molecule has 0 aliphatic carbocycles. The van der Waals surface area contributed by atoms with Crippen LogP contribution in [0, 0.1) is 13.8 Å². The molecule has 2 heterocycles. The van der Waals surface area contributed by atoms with Crippen molar-refractivity contribution in [2.24, 2.45) is 0 Å². The molecule has 7 nitrogen and oxygen atoms in total. The van der Waals surface area contributed by atoms with E-state index in [1.165, 1.54) is 6.20 Å². The molecule has 3 aromatic rings. The molecule has 0 fully saturated rings. The predicted molar refractivity (Wildman–Crippen MR) is 102 cm³/mol. The molecule has 0 aliphatic rings. The number of hydrogen-bond donors (Lipinski definition) is 2. The van der Waals surface area contributed by atoms with Crippen molar-refractivity contribution in [3.63, 3.8) is 0 Å². The Labute approximate surface area is 157 Å². The van der Waals surface area contributed by atoms with E-state index in [4.69, 9.17) is 0 Å². The highest BCUT2D eigenvalue weighted by atomic mass is 16.4. The minimum absolute atomic E-state index is 0.148. The zero-order chi connectivity index (χ0) is 19.7. The van der Waals surface area contributed by atoms with Crippen molar-refractivity contribution in [1.82, 2.24) is 20.1 Å². The second kappa shape index (κ2) is 7.19. The molecule has 3 rings (SSSR count). The summed E-state index contributed by atoms with van der Waals surface area (Å²) in [6, 6.07) is 6.10. The van der Waals surface area contributed by atoms with Crippen LogP contribution in [0.5, 0.6) is 0 Å². The molecule has 0 spiro atoms. The average Bonchev–Trinajstić information content (AvgIpc) is 3.05. The molecule has 27 heavy (non-hydrogen) atoms. The Hall–Kier alpha value is -3.22. The number of nitrogens with zero attached hydrogens (tertiary/aromatic N) is 3. The van der Waals surface area contributed by atoms with Crippen molar-refractivity contribution in [2.45, 2.75) is 39.8 Å². The predicted octanol–water partition coefficient (Wildman–Crippen LogP) is 3.18. The molecule has 1 atom stereocenters. The van der Waals surface area contributed by atoms with Crippen LogP contribution in [-0.4, -0.2) is 31.7 Å². The molecule has 1 amide bonds. The number of amides is 1. The van der Waals surface area contributed by atoms with Crippen molar-refractivity contribution in [2.75, 3.05) is 0 Å². The maximum absolute atomic E-state index is 12.7. The molecule has 2 aromatic heterocycles. The Balaban J connectivity index is 1.91. The number of rotatable bonds is 5. The summed E-state index contributed by atoms with van der Waals surface area (Å²) in [6.07, 6.45) is 3.10. The highest BCUT2D eigenvalue weighted by molar-refractivity contribution is 5.99. The van der Waals surface area contributed by atoms with Gasteiger partial charge in [-0.3, -0.25) is 4.79 Å². The molecular weight excluding hydrogens is 344 g/mol. The molecule has 1 aromatic carbocycles. The molecular formula is C20H22N4O3. The van der Waals surface area contributed by atoms with Crippen molar-refractivity contribution in [3.05, 3.63) is 58.9 Å². The van der Waals surface area contributed by atoms with Crippen molar-refractivity contribution < 1.29 is 14.7 Å². The summed E-state index contributed by atoms with van der Waals surface area (Å²) in [4.78, 5) is 28.8. The Kier molecular flexibility index (Phi) is 4.94. The van der Waals surface area contributed by atoms with Crippen molar-refractivity contribution in [3.8, 4) is 0 Å². The molecule has 0 bridgehead atoms.